The first-order valence-electron chi connectivity index (χ1n) is 18.8. The van der Waals surface area contributed by atoms with Crippen LogP contribution in [0.5, 0.6) is 0 Å². The molecule has 0 unspecified atom stereocenters. The van der Waals surface area contributed by atoms with Gasteiger partial charge in [-0.3, -0.25) is 15.1 Å². The van der Waals surface area contributed by atoms with Gasteiger partial charge in [0.15, 0.2) is 0 Å². The molecule has 286 valence electrons. The van der Waals surface area contributed by atoms with E-state index < -0.39 is 17.7 Å². The Kier molecular flexibility index (Phi) is 14.3. The second kappa shape index (κ2) is 19.1. The Labute approximate surface area is 314 Å². The van der Waals surface area contributed by atoms with Gasteiger partial charge in [0.25, 0.3) is 0 Å². The minimum atomic E-state index is -0.864. The fourth-order valence-electron chi connectivity index (χ4n) is 6.87. The van der Waals surface area contributed by atoms with Crippen molar-refractivity contribution in [2.45, 2.75) is 66.2 Å². The summed E-state index contributed by atoms with van der Waals surface area (Å²) in [5.41, 5.74) is 6.80. The van der Waals surface area contributed by atoms with Gasteiger partial charge in [0, 0.05) is 69.4 Å². The molecule has 4 aromatic rings. The Morgan fingerprint density at radius 3 is 1.60 bits per heavy atom. The molecule has 2 N–H and O–H groups in total. The van der Waals surface area contributed by atoms with Crippen molar-refractivity contribution in [2.24, 2.45) is 0 Å². The normalized spacial score (nSPS) is 15.4. The first-order chi connectivity index (χ1) is 25.5. The Morgan fingerprint density at radius 1 is 0.698 bits per heavy atom. The van der Waals surface area contributed by atoms with Gasteiger partial charge in [0.2, 0.25) is 0 Å². The number of carboxylic acids is 1. The zero-order chi connectivity index (χ0) is 37.8. The Balaban J connectivity index is 0.000000208. The van der Waals surface area contributed by atoms with E-state index in [1.54, 1.807) is 6.07 Å². The van der Waals surface area contributed by atoms with Crippen molar-refractivity contribution >= 4 is 17.7 Å². The van der Waals surface area contributed by atoms with Crippen molar-refractivity contribution in [3.8, 4) is 22.5 Å². The molecule has 0 bridgehead atoms. The topological polar surface area (TPSA) is 110 Å². The third-order valence-corrected chi connectivity index (χ3v) is 9.66. The molecule has 53 heavy (non-hydrogen) atoms. The fourth-order valence-corrected chi connectivity index (χ4v) is 6.87. The van der Waals surface area contributed by atoms with Crippen molar-refractivity contribution in [1.29, 1.82) is 0 Å². The van der Waals surface area contributed by atoms with Crippen LogP contribution in [0, 0.1) is 13.8 Å². The number of nitrogens with one attached hydrogen (secondary N) is 1. The first-order valence-corrected chi connectivity index (χ1v) is 18.8. The molecule has 2 fully saturated rings. The Morgan fingerprint density at radius 2 is 1.15 bits per heavy atom. The standard InChI is InChI=1S/C23H33N3O3.C19H24N2O3/c1-18-20(24-22(27)29-23(2,3)4)17-21(19-9-6-5-7-10-19)26(18)12-8-11-25-13-15-28-16-14-25;1-15-17(19(22)23)14-18(16-6-3-2-4-7-16)21(15)9-5-8-20-10-12-24-13-11-20/h5-7,9-10,17H,8,11-16H2,1-4H3,(H,24,27);2-4,6-7,14H,5,8-13H2,1H3,(H,22,23). The molecule has 0 spiro atoms. The fraction of sp³-hybridized carbons (Fsp3) is 0.476. The van der Waals surface area contributed by atoms with Gasteiger partial charge < -0.3 is 28.5 Å². The number of anilines is 1. The van der Waals surface area contributed by atoms with E-state index in [1.165, 1.54) is 0 Å². The highest BCUT2D eigenvalue weighted by atomic mass is 16.6. The maximum atomic E-state index is 12.3. The van der Waals surface area contributed by atoms with Crippen LogP contribution in [0.1, 0.15) is 55.4 Å². The minimum absolute atomic E-state index is 0.389. The molecule has 6 rings (SSSR count). The van der Waals surface area contributed by atoms with E-state index >= 15 is 0 Å². The summed E-state index contributed by atoms with van der Waals surface area (Å²) in [5.74, 6) is -0.864. The second-order valence-corrected chi connectivity index (χ2v) is 14.6. The zero-order valence-electron chi connectivity index (χ0n) is 32.1. The molecule has 11 heteroatoms. The number of benzene rings is 2. The Bertz CT molecular complexity index is 1750. The molecule has 2 aliphatic heterocycles. The van der Waals surface area contributed by atoms with Crippen LogP contribution in [0.25, 0.3) is 22.5 Å². The predicted octanol–water partition coefficient (Wildman–Crippen LogP) is 7.42. The molecule has 2 saturated heterocycles. The van der Waals surface area contributed by atoms with E-state index in [2.05, 4.69) is 36.4 Å². The second-order valence-electron chi connectivity index (χ2n) is 14.6. The summed E-state index contributed by atoms with van der Waals surface area (Å²) in [6.07, 6.45) is 1.61. The molecule has 2 aromatic carbocycles. The lowest BCUT2D eigenvalue weighted by molar-refractivity contribution is 0.0369. The van der Waals surface area contributed by atoms with Gasteiger partial charge in [-0.25, -0.2) is 9.59 Å². The summed E-state index contributed by atoms with van der Waals surface area (Å²) >= 11 is 0. The van der Waals surface area contributed by atoms with Crippen LogP contribution in [-0.2, 0) is 27.3 Å². The van der Waals surface area contributed by atoms with Gasteiger partial charge in [-0.05, 0) is 70.7 Å². The van der Waals surface area contributed by atoms with Gasteiger partial charge in [-0.1, -0.05) is 60.7 Å². The molecule has 0 aliphatic carbocycles. The maximum Gasteiger partial charge on any atom is 0.412 e. The number of hydrogen-bond donors (Lipinski definition) is 2. The summed E-state index contributed by atoms with van der Waals surface area (Å²) in [5, 5.41) is 12.4. The summed E-state index contributed by atoms with van der Waals surface area (Å²) < 4.78 is 20.7. The van der Waals surface area contributed by atoms with E-state index in [9.17, 15) is 14.7 Å². The molecular weight excluding hydrogens is 670 g/mol. The predicted molar refractivity (Wildman–Crippen MR) is 210 cm³/mol. The summed E-state index contributed by atoms with van der Waals surface area (Å²) in [6.45, 7) is 20.5. The van der Waals surface area contributed by atoms with Gasteiger partial charge in [0.1, 0.15) is 5.60 Å². The monoisotopic (exact) mass is 727 g/mol. The molecule has 1 amide bonds. The third-order valence-electron chi connectivity index (χ3n) is 9.66. The number of aromatic nitrogens is 2. The van der Waals surface area contributed by atoms with Crippen LogP contribution < -0.4 is 5.32 Å². The van der Waals surface area contributed by atoms with Gasteiger partial charge >= 0.3 is 12.1 Å². The molecular formula is C42H57N5O6. The summed E-state index contributed by atoms with van der Waals surface area (Å²) in [7, 11) is 0. The molecule has 2 aliphatic rings. The van der Waals surface area contributed by atoms with Crippen molar-refractivity contribution in [3.05, 3.63) is 89.7 Å². The Hall–Kier alpha value is -4.42. The van der Waals surface area contributed by atoms with Crippen LogP contribution in [-0.4, -0.2) is 107 Å². The minimum Gasteiger partial charge on any atom is -0.478 e. The lowest BCUT2D eigenvalue weighted by Gasteiger charge is -2.26. The van der Waals surface area contributed by atoms with E-state index in [-0.39, 0.29) is 0 Å². The lowest BCUT2D eigenvalue weighted by Crippen LogP contribution is -2.37. The zero-order valence-corrected chi connectivity index (χ0v) is 32.1. The van der Waals surface area contributed by atoms with Crippen LogP contribution in [0.15, 0.2) is 72.8 Å². The molecule has 0 atom stereocenters. The number of nitrogens with zero attached hydrogens (tertiary/aromatic N) is 4. The first kappa shape index (κ1) is 39.8. The number of aromatic carboxylic acids is 1. The largest absolute Gasteiger partial charge is 0.478 e. The highest BCUT2D eigenvalue weighted by Crippen LogP contribution is 2.30. The van der Waals surface area contributed by atoms with E-state index in [1.807, 2.05) is 89.2 Å². The van der Waals surface area contributed by atoms with Crippen molar-refractivity contribution in [2.75, 3.05) is 71.0 Å². The SMILES string of the molecule is Cc1c(C(=O)O)cc(-c2ccccc2)n1CCCN1CCOCC1.Cc1c(NC(=O)OC(C)(C)C)cc(-c2ccccc2)n1CCCN1CCOCC1. The summed E-state index contributed by atoms with van der Waals surface area (Å²) in [4.78, 5) is 28.7. The smallest absolute Gasteiger partial charge is 0.412 e. The van der Waals surface area contributed by atoms with Crippen LogP contribution in [0.3, 0.4) is 0 Å². The average molecular weight is 728 g/mol. The molecule has 11 nitrogen and oxygen atoms in total. The van der Waals surface area contributed by atoms with Crippen molar-refractivity contribution in [1.82, 2.24) is 18.9 Å². The number of amides is 1. The third kappa shape index (κ3) is 11.5. The quantitative estimate of drug-likeness (QED) is 0.155. The number of carbonyl (C=O) groups is 2. The van der Waals surface area contributed by atoms with Gasteiger partial charge in [-0.2, -0.15) is 0 Å². The van der Waals surface area contributed by atoms with E-state index in [4.69, 9.17) is 14.2 Å². The van der Waals surface area contributed by atoms with Crippen LogP contribution in [0.4, 0.5) is 10.5 Å². The van der Waals surface area contributed by atoms with E-state index in [0.717, 1.165) is 131 Å². The number of ether oxygens (including phenoxy) is 3. The highest BCUT2D eigenvalue weighted by molar-refractivity contribution is 5.91. The van der Waals surface area contributed by atoms with Crippen LogP contribution >= 0.6 is 0 Å². The van der Waals surface area contributed by atoms with Crippen molar-refractivity contribution < 1.29 is 28.9 Å². The lowest BCUT2D eigenvalue weighted by atomic mass is 10.1. The number of hydrogen-bond acceptors (Lipinski definition) is 7. The molecule has 2 aromatic heterocycles. The molecule has 0 saturated carbocycles. The number of rotatable bonds is 12. The van der Waals surface area contributed by atoms with Gasteiger partial charge in [-0.15, -0.1) is 0 Å². The molecule has 0 radical (unpaired) electrons. The average Bonchev–Trinajstić information content (AvgIpc) is 3.64. The maximum absolute atomic E-state index is 12.3. The molecule has 4 heterocycles. The van der Waals surface area contributed by atoms with Gasteiger partial charge in [0.05, 0.1) is 43.4 Å². The number of carboxylic acid groups (broad SMARTS) is 1. The van der Waals surface area contributed by atoms with E-state index in [0.29, 0.717) is 5.56 Å². The van der Waals surface area contributed by atoms with Crippen molar-refractivity contribution in [3.63, 3.8) is 0 Å². The van der Waals surface area contributed by atoms with Crippen LogP contribution in [0.2, 0.25) is 0 Å². The number of morpholine rings is 2. The summed E-state index contributed by atoms with van der Waals surface area (Å²) in [6, 6.07) is 24.1. The highest BCUT2D eigenvalue weighted by Gasteiger charge is 2.21. The number of carbonyl (C=O) groups excluding carboxylic acids is 1.